The van der Waals surface area contributed by atoms with Crippen LogP contribution in [0.15, 0.2) is 24.8 Å². The highest BCUT2D eigenvalue weighted by atomic mass is 35.5. The number of rotatable bonds is 1. The molecule has 0 saturated heterocycles. The summed E-state index contributed by atoms with van der Waals surface area (Å²) in [5.41, 5.74) is 6.13. The molecule has 0 unspecified atom stereocenters. The molecule has 0 saturated carbocycles. The molecule has 0 aromatic carbocycles. The van der Waals surface area contributed by atoms with Gasteiger partial charge in [-0.05, 0) is 6.07 Å². The average molecular weight is 196 g/mol. The maximum Gasteiger partial charge on any atom is 0.158 e. The molecule has 13 heavy (non-hydrogen) atoms. The van der Waals surface area contributed by atoms with Crippen molar-refractivity contribution in [2.24, 2.45) is 0 Å². The van der Waals surface area contributed by atoms with Gasteiger partial charge in [-0.2, -0.15) is 5.10 Å². The van der Waals surface area contributed by atoms with Crippen molar-refractivity contribution >= 4 is 17.3 Å². The molecule has 66 valence electrons. The lowest BCUT2D eigenvalue weighted by molar-refractivity contribution is 0.846. The SMILES string of the molecule is Nc1cc(Cl)nc(-n2cncn2)c1. The lowest BCUT2D eigenvalue weighted by Gasteiger charge is -2.00. The number of hydrogen-bond donors (Lipinski definition) is 1. The van der Waals surface area contributed by atoms with Gasteiger partial charge in [0, 0.05) is 11.8 Å². The standard InChI is InChI=1S/C7H6ClN5/c8-6-1-5(9)2-7(12-6)13-4-10-3-11-13/h1-4H,(H2,9,12). The molecule has 0 aliphatic rings. The average Bonchev–Trinajstić information content (AvgIpc) is 2.53. The van der Waals surface area contributed by atoms with Gasteiger partial charge < -0.3 is 5.73 Å². The number of pyridine rings is 1. The molecule has 0 fully saturated rings. The Kier molecular flexibility index (Phi) is 1.86. The van der Waals surface area contributed by atoms with Gasteiger partial charge >= 0.3 is 0 Å². The van der Waals surface area contributed by atoms with E-state index in [0.29, 0.717) is 16.7 Å². The number of halogens is 1. The van der Waals surface area contributed by atoms with E-state index in [1.807, 2.05) is 0 Å². The zero-order valence-electron chi connectivity index (χ0n) is 6.55. The van der Waals surface area contributed by atoms with Crippen LogP contribution in [-0.4, -0.2) is 19.7 Å². The van der Waals surface area contributed by atoms with Crippen LogP contribution in [0.5, 0.6) is 0 Å². The Labute approximate surface area is 79.2 Å². The predicted octanol–water partition coefficient (Wildman–Crippen LogP) is 0.898. The van der Waals surface area contributed by atoms with Gasteiger partial charge in [0.15, 0.2) is 5.82 Å². The van der Waals surface area contributed by atoms with Gasteiger partial charge in [-0.15, -0.1) is 0 Å². The fraction of sp³-hybridized carbons (Fsp3) is 0. The summed E-state index contributed by atoms with van der Waals surface area (Å²) in [7, 11) is 0. The quantitative estimate of drug-likeness (QED) is 0.687. The Hall–Kier alpha value is -1.62. The monoisotopic (exact) mass is 195 g/mol. The zero-order valence-corrected chi connectivity index (χ0v) is 7.31. The Bertz CT molecular complexity index is 391. The van der Waals surface area contributed by atoms with E-state index in [-0.39, 0.29) is 0 Å². The summed E-state index contributed by atoms with van der Waals surface area (Å²) in [6.07, 6.45) is 2.94. The van der Waals surface area contributed by atoms with Crippen LogP contribution < -0.4 is 5.73 Å². The summed E-state index contributed by atoms with van der Waals surface area (Å²) < 4.78 is 1.49. The molecule has 0 amide bonds. The van der Waals surface area contributed by atoms with E-state index in [4.69, 9.17) is 17.3 Å². The van der Waals surface area contributed by atoms with Crippen molar-refractivity contribution in [3.05, 3.63) is 29.9 Å². The summed E-state index contributed by atoms with van der Waals surface area (Å²) in [5, 5.41) is 4.24. The highest BCUT2D eigenvalue weighted by Crippen LogP contribution is 2.14. The second-order valence-electron chi connectivity index (χ2n) is 2.42. The molecule has 0 aliphatic heterocycles. The van der Waals surface area contributed by atoms with Crippen molar-refractivity contribution in [1.82, 2.24) is 19.7 Å². The fourth-order valence-corrected chi connectivity index (χ4v) is 1.16. The number of nitrogens with zero attached hydrogens (tertiary/aromatic N) is 4. The van der Waals surface area contributed by atoms with E-state index in [1.54, 1.807) is 12.1 Å². The summed E-state index contributed by atoms with van der Waals surface area (Å²) in [6.45, 7) is 0. The molecule has 0 bridgehead atoms. The minimum atomic E-state index is 0.338. The Morgan fingerprint density at radius 3 is 2.85 bits per heavy atom. The number of anilines is 1. The van der Waals surface area contributed by atoms with E-state index in [9.17, 15) is 0 Å². The molecule has 0 aliphatic carbocycles. The lowest BCUT2D eigenvalue weighted by Crippen LogP contribution is -1.99. The van der Waals surface area contributed by atoms with Gasteiger partial charge in [0.25, 0.3) is 0 Å². The molecule has 2 N–H and O–H groups in total. The molecule has 0 spiro atoms. The van der Waals surface area contributed by atoms with Crippen molar-refractivity contribution in [3.8, 4) is 5.82 Å². The minimum Gasteiger partial charge on any atom is -0.399 e. The van der Waals surface area contributed by atoms with Crippen LogP contribution in [0.25, 0.3) is 5.82 Å². The Morgan fingerprint density at radius 2 is 2.23 bits per heavy atom. The molecule has 2 aromatic rings. The van der Waals surface area contributed by atoms with E-state index in [0.717, 1.165) is 0 Å². The third kappa shape index (κ3) is 1.59. The van der Waals surface area contributed by atoms with E-state index in [1.165, 1.54) is 17.3 Å². The topological polar surface area (TPSA) is 69.6 Å². The molecule has 2 heterocycles. The molecule has 6 heteroatoms. The lowest BCUT2D eigenvalue weighted by atomic mass is 10.4. The van der Waals surface area contributed by atoms with Gasteiger partial charge in [-0.1, -0.05) is 11.6 Å². The zero-order chi connectivity index (χ0) is 9.26. The number of nitrogens with two attached hydrogens (primary N) is 1. The van der Waals surface area contributed by atoms with Gasteiger partial charge in [-0.3, -0.25) is 0 Å². The normalized spacial score (nSPS) is 10.2. The van der Waals surface area contributed by atoms with Crippen LogP contribution in [0, 0.1) is 0 Å². The second-order valence-corrected chi connectivity index (χ2v) is 2.81. The summed E-state index contributed by atoms with van der Waals surface area (Å²) >= 11 is 5.71. The first-order valence-corrected chi connectivity index (χ1v) is 3.91. The highest BCUT2D eigenvalue weighted by molar-refractivity contribution is 6.29. The predicted molar refractivity (Wildman–Crippen MR) is 48.6 cm³/mol. The molecular weight excluding hydrogens is 190 g/mol. The van der Waals surface area contributed by atoms with Gasteiger partial charge in [-0.25, -0.2) is 14.6 Å². The molecule has 0 atom stereocenters. The maximum absolute atomic E-state index is 5.71. The van der Waals surface area contributed by atoms with Crippen LogP contribution in [0.2, 0.25) is 5.15 Å². The minimum absolute atomic E-state index is 0.338. The third-order valence-corrected chi connectivity index (χ3v) is 1.65. The fourth-order valence-electron chi connectivity index (χ4n) is 0.946. The van der Waals surface area contributed by atoms with Gasteiger partial charge in [0.2, 0.25) is 0 Å². The van der Waals surface area contributed by atoms with E-state index < -0.39 is 0 Å². The molecule has 2 rings (SSSR count). The smallest absolute Gasteiger partial charge is 0.158 e. The summed E-state index contributed by atoms with van der Waals surface area (Å²) in [4.78, 5) is 7.81. The van der Waals surface area contributed by atoms with Crippen LogP contribution in [0.1, 0.15) is 0 Å². The van der Waals surface area contributed by atoms with E-state index >= 15 is 0 Å². The highest BCUT2D eigenvalue weighted by Gasteiger charge is 2.01. The first-order chi connectivity index (χ1) is 6.25. The number of hydrogen-bond acceptors (Lipinski definition) is 4. The summed E-state index contributed by atoms with van der Waals surface area (Å²) in [6, 6.07) is 3.24. The van der Waals surface area contributed by atoms with Gasteiger partial charge in [0.05, 0.1) is 0 Å². The van der Waals surface area contributed by atoms with Crippen molar-refractivity contribution < 1.29 is 0 Å². The van der Waals surface area contributed by atoms with Crippen LogP contribution >= 0.6 is 11.6 Å². The van der Waals surface area contributed by atoms with Crippen LogP contribution in [0.3, 0.4) is 0 Å². The maximum atomic E-state index is 5.71. The first-order valence-electron chi connectivity index (χ1n) is 3.54. The largest absolute Gasteiger partial charge is 0.399 e. The third-order valence-electron chi connectivity index (χ3n) is 1.46. The molecule has 5 nitrogen and oxygen atoms in total. The van der Waals surface area contributed by atoms with Crippen LogP contribution in [-0.2, 0) is 0 Å². The van der Waals surface area contributed by atoms with Crippen molar-refractivity contribution in [3.63, 3.8) is 0 Å². The number of aromatic nitrogens is 4. The molecule has 0 radical (unpaired) electrons. The van der Waals surface area contributed by atoms with E-state index in [2.05, 4.69) is 15.1 Å². The molecular formula is C7H6ClN5. The Balaban J connectivity index is 2.53. The second kappa shape index (κ2) is 3.02. The van der Waals surface area contributed by atoms with Crippen molar-refractivity contribution in [1.29, 1.82) is 0 Å². The summed E-state index contributed by atoms with van der Waals surface area (Å²) in [5.74, 6) is 0.558. The van der Waals surface area contributed by atoms with Crippen LogP contribution in [0.4, 0.5) is 5.69 Å². The van der Waals surface area contributed by atoms with Crippen molar-refractivity contribution in [2.45, 2.75) is 0 Å². The Morgan fingerprint density at radius 1 is 1.38 bits per heavy atom. The number of nitrogen functional groups attached to an aromatic ring is 1. The van der Waals surface area contributed by atoms with Crippen molar-refractivity contribution in [2.75, 3.05) is 5.73 Å². The molecule has 2 aromatic heterocycles. The van der Waals surface area contributed by atoms with Gasteiger partial charge in [0.1, 0.15) is 17.8 Å². The first kappa shape index (κ1) is 8.00.